The van der Waals surface area contributed by atoms with Crippen molar-refractivity contribution in [3.8, 4) is 0 Å². The highest BCUT2D eigenvalue weighted by Crippen LogP contribution is 2.34. The minimum absolute atomic E-state index is 0.301. The highest BCUT2D eigenvalue weighted by Gasteiger charge is 2.31. The van der Waals surface area contributed by atoms with E-state index in [-0.39, 0.29) is 0 Å². The van der Waals surface area contributed by atoms with Gasteiger partial charge in [-0.2, -0.15) is 0 Å². The van der Waals surface area contributed by atoms with Crippen LogP contribution in [0.25, 0.3) is 0 Å². The monoisotopic (exact) mass is 277 g/mol. The molecule has 0 amide bonds. The zero-order chi connectivity index (χ0) is 14.1. The summed E-state index contributed by atoms with van der Waals surface area (Å²) in [5, 5.41) is 9.45. The van der Waals surface area contributed by atoms with Crippen molar-refractivity contribution in [2.45, 2.75) is 64.6 Å². The number of aromatic nitrogens is 2. The number of aliphatic hydroxyl groups excluding tert-OH is 1. The standard InChI is InChI=1S/C16H27N3O/c1-12(2)18-8-4-3-5-15(18)16-17-9-14-7-6-13(11-20)10-19(14)16/h9,12-13,15,20H,3-8,10-11H2,1-2H3. The third-order valence-electron chi connectivity index (χ3n) is 4.98. The molecular formula is C16H27N3O. The second-order valence-corrected chi connectivity index (χ2v) is 6.65. The molecule has 0 radical (unpaired) electrons. The molecule has 112 valence electrons. The van der Waals surface area contributed by atoms with E-state index in [1.165, 1.54) is 37.3 Å². The van der Waals surface area contributed by atoms with Gasteiger partial charge in [0.1, 0.15) is 5.82 Å². The predicted octanol–water partition coefficient (Wildman–Crippen LogP) is 2.37. The normalized spacial score (nSPS) is 27.8. The van der Waals surface area contributed by atoms with E-state index in [2.05, 4.69) is 29.5 Å². The number of aliphatic hydroxyl groups is 1. The van der Waals surface area contributed by atoms with Crippen LogP contribution in [0.15, 0.2) is 6.20 Å². The first-order valence-electron chi connectivity index (χ1n) is 8.11. The Morgan fingerprint density at radius 3 is 2.95 bits per heavy atom. The molecule has 3 rings (SSSR count). The number of imidazole rings is 1. The van der Waals surface area contributed by atoms with Crippen molar-refractivity contribution in [2.75, 3.05) is 13.2 Å². The van der Waals surface area contributed by atoms with Crippen molar-refractivity contribution in [3.05, 3.63) is 17.7 Å². The fourth-order valence-corrected chi connectivity index (χ4v) is 3.80. The van der Waals surface area contributed by atoms with Crippen LogP contribution in [0.4, 0.5) is 0 Å². The molecule has 4 heteroatoms. The van der Waals surface area contributed by atoms with Gasteiger partial charge in [-0.1, -0.05) is 6.42 Å². The number of hydrogen-bond acceptors (Lipinski definition) is 3. The van der Waals surface area contributed by atoms with Gasteiger partial charge in [-0.05, 0) is 46.1 Å². The van der Waals surface area contributed by atoms with Crippen LogP contribution in [-0.2, 0) is 13.0 Å². The summed E-state index contributed by atoms with van der Waals surface area (Å²) in [7, 11) is 0. The molecule has 2 unspecified atom stereocenters. The van der Waals surface area contributed by atoms with Crippen LogP contribution in [-0.4, -0.2) is 38.8 Å². The van der Waals surface area contributed by atoms with E-state index in [0.717, 1.165) is 19.4 Å². The van der Waals surface area contributed by atoms with Crippen LogP contribution < -0.4 is 0 Å². The summed E-state index contributed by atoms with van der Waals surface area (Å²) in [6.07, 6.45) is 8.06. The zero-order valence-corrected chi connectivity index (χ0v) is 12.8. The Morgan fingerprint density at radius 2 is 2.20 bits per heavy atom. The maximum Gasteiger partial charge on any atom is 0.126 e. The van der Waals surface area contributed by atoms with Gasteiger partial charge >= 0.3 is 0 Å². The molecule has 0 aliphatic carbocycles. The third kappa shape index (κ3) is 2.51. The van der Waals surface area contributed by atoms with Crippen LogP contribution in [0.3, 0.4) is 0 Å². The lowest BCUT2D eigenvalue weighted by Gasteiger charge is -2.39. The van der Waals surface area contributed by atoms with Crippen molar-refractivity contribution in [1.29, 1.82) is 0 Å². The minimum atomic E-state index is 0.301. The van der Waals surface area contributed by atoms with Crippen LogP contribution in [0, 0.1) is 5.92 Å². The smallest absolute Gasteiger partial charge is 0.126 e. The van der Waals surface area contributed by atoms with Crippen LogP contribution in [0.1, 0.15) is 57.1 Å². The molecule has 0 spiro atoms. The van der Waals surface area contributed by atoms with E-state index in [4.69, 9.17) is 4.98 Å². The van der Waals surface area contributed by atoms with Gasteiger partial charge in [-0.15, -0.1) is 0 Å². The molecule has 1 saturated heterocycles. The minimum Gasteiger partial charge on any atom is -0.396 e. The van der Waals surface area contributed by atoms with Gasteiger partial charge in [-0.3, -0.25) is 4.90 Å². The summed E-state index contributed by atoms with van der Waals surface area (Å²) in [6.45, 7) is 7.01. The van der Waals surface area contributed by atoms with Crippen LogP contribution in [0.2, 0.25) is 0 Å². The molecule has 1 aromatic rings. The molecule has 20 heavy (non-hydrogen) atoms. The van der Waals surface area contributed by atoms with Crippen molar-refractivity contribution < 1.29 is 5.11 Å². The molecule has 2 aliphatic heterocycles. The Bertz CT molecular complexity index is 455. The summed E-state index contributed by atoms with van der Waals surface area (Å²) in [4.78, 5) is 7.36. The molecule has 1 aromatic heterocycles. The van der Waals surface area contributed by atoms with Gasteiger partial charge in [0, 0.05) is 37.0 Å². The van der Waals surface area contributed by atoms with Gasteiger partial charge in [0.15, 0.2) is 0 Å². The number of nitrogens with zero attached hydrogens (tertiary/aromatic N) is 3. The van der Waals surface area contributed by atoms with Crippen molar-refractivity contribution in [1.82, 2.24) is 14.5 Å². The maximum absolute atomic E-state index is 9.45. The number of fused-ring (bicyclic) bond motifs is 1. The van der Waals surface area contributed by atoms with E-state index in [0.29, 0.717) is 24.6 Å². The lowest BCUT2D eigenvalue weighted by atomic mass is 9.97. The Kier molecular flexibility index (Phi) is 4.13. The molecule has 1 fully saturated rings. The zero-order valence-electron chi connectivity index (χ0n) is 12.8. The average molecular weight is 277 g/mol. The van der Waals surface area contributed by atoms with E-state index in [1.807, 2.05) is 0 Å². The largest absolute Gasteiger partial charge is 0.396 e. The molecule has 2 aliphatic rings. The molecular weight excluding hydrogens is 250 g/mol. The van der Waals surface area contributed by atoms with Crippen molar-refractivity contribution >= 4 is 0 Å². The summed E-state index contributed by atoms with van der Waals surface area (Å²) >= 11 is 0. The van der Waals surface area contributed by atoms with Gasteiger partial charge in [0.2, 0.25) is 0 Å². The number of hydrogen-bond donors (Lipinski definition) is 1. The van der Waals surface area contributed by atoms with Crippen LogP contribution in [0.5, 0.6) is 0 Å². The number of piperidine rings is 1. The number of rotatable bonds is 3. The SMILES string of the molecule is CC(C)N1CCCCC1c1ncc2n1CC(CO)CC2. The van der Waals surface area contributed by atoms with E-state index < -0.39 is 0 Å². The molecule has 0 saturated carbocycles. The average Bonchev–Trinajstić information content (AvgIpc) is 2.89. The van der Waals surface area contributed by atoms with Crippen molar-refractivity contribution in [3.63, 3.8) is 0 Å². The highest BCUT2D eigenvalue weighted by atomic mass is 16.3. The summed E-state index contributed by atoms with van der Waals surface area (Å²) < 4.78 is 2.40. The fraction of sp³-hybridized carbons (Fsp3) is 0.812. The summed E-state index contributed by atoms with van der Waals surface area (Å²) in [6, 6.07) is 1.04. The Balaban J connectivity index is 1.88. The lowest BCUT2D eigenvalue weighted by molar-refractivity contribution is 0.100. The fourth-order valence-electron chi connectivity index (χ4n) is 3.80. The first-order chi connectivity index (χ1) is 9.70. The lowest BCUT2D eigenvalue weighted by Crippen LogP contribution is -2.40. The number of aryl methyl sites for hydroxylation is 1. The quantitative estimate of drug-likeness (QED) is 0.922. The number of likely N-dealkylation sites (tertiary alicyclic amines) is 1. The van der Waals surface area contributed by atoms with Crippen LogP contribution >= 0.6 is 0 Å². The third-order valence-corrected chi connectivity index (χ3v) is 4.98. The topological polar surface area (TPSA) is 41.3 Å². The first-order valence-corrected chi connectivity index (χ1v) is 8.11. The van der Waals surface area contributed by atoms with E-state index >= 15 is 0 Å². The van der Waals surface area contributed by atoms with Gasteiger partial charge in [0.25, 0.3) is 0 Å². The molecule has 2 atom stereocenters. The first kappa shape index (κ1) is 14.1. The summed E-state index contributed by atoms with van der Waals surface area (Å²) in [5.74, 6) is 1.65. The second kappa shape index (κ2) is 5.86. The Hall–Kier alpha value is -0.870. The summed E-state index contributed by atoms with van der Waals surface area (Å²) in [5.41, 5.74) is 1.36. The molecule has 3 heterocycles. The van der Waals surface area contributed by atoms with Gasteiger partial charge in [-0.25, -0.2) is 4.98 Å². The van der Waals surface area contributed by atoms with E-state index in [1.54, 1.807) is 0 Å². The second-order valence-electron chi connectivity index (χ2n) is 6.65. The van der Waals surface area contributed by atoms with Gasteiger partial charge in [0.05, 0.1) is 6.04 Å². The Morgan fingerprint density at radius 1 is 1.35 bits per heavy atom. The molecule has 1 N–H and O–H groups in total. The van der Waals surface area contributed by atoms with E-state index in [9.17, 15) is 5.11 Å². The maximum atomic E-state index is 9.45. The Labute approximate surface area is 121 Å². The molecule has 0 bridgehead atoms. The van der Waals surface area contributed by atoms with Gasteiger partial charge < -0.3 is 9.67 Å². The predicted molar refractivity (Wildman–Crippen MR) is 79.6 cm³/mol. The molecule has 4 nitrogen and oxygen atoms in total. The molecule has 0 aromatic carbocycles. The van der Waals surface area contributed by atoms with Crippen molar-refractivity contribution in [2.24, 2.45) is 5.92 Å². The highest BCUT2D eigenvalue weighted by molar-refractivity contribution is 5.12.